The van der Waals surface area contributed by atoms with Gasteiger partial charge in [0.05, 0.1) is 0 Å². The lowest BCUT2D eigenvalue weighted by molar-refractivity contribution is -0.130. The van der Waals surface area contributed by atoms with E-state index in [0.717, 1.165) is 44.2 Å². The molecule has 0 bridgehead atoms. The fraction of sp³-hybridized carbons (Fsp3) is 0.500. The van der Waals surface area contributed by atoms with Gasteiger partial charge < -0.3 is 15.4 Å². The number of amides is 1. The molecule has 2 rings (SSSR count). The first-order chi connectivity index (χ1) is 9.15. The minimum atomic E-state index is 0.165. The van der Waals surface area contributed by atoms with E-state index in [2.05, 4.69) is 4.90 Å². The Morgan fingerprint density at radius 1 is 1.21 bits per heavy atom. The fourth-order valence-corrected chi connectivity index (χ4v) is 2.14. The molecule has 1 amide bonds. The van der Waals surface area contributed by atoms with Gasteiger partial charge in [0.1, 0.15) is 12.4 Å². The number of rotatable bonds is 4. The number of nitrogen functional groups attached to an aromatic ring is 1. The zero-order valence-electron chi connectivity index (χ0n) is 11.3. The van der Waals surface area contributed by atoms with Crippen LogP contribution >= 0.6 is 0 Å². The number of hydrogen-bond acceptors (Lipinski definition) is 4. The molecule has 1 aliphatic heterocycles. The molecule has 1 heterocycles. The second-order valence-corrected chi connectivity index (χ2v) is 4.77. The van der Waals surface area contributed by atoms with Gasteiger partial charge in [-0.3, -0.25) is 9.69 Å². The van der Waals surface area contributed by atoms with Gasteiger partial charge in [-0.1, -0.05) is 0 Å². The molecule has 1 fully saturated rings. The molecule has 1 saturated heterocycles. The maximum Gasteiger partial charge on any atom is 0.219 e. The third kappa shape index (κ3) is 4.13. The van der Waals surface area contributed by atoms with Gasteiger partial charge in [-0.2, -0.15) is 0 Å². The first kappa shape index (κ1) is 13.7. The third-order valence-corrected chi connectivity index (χ3v) is 3.37. The highest BCUT2D eigenvalue weighted by atomic mass is 16.5. The van der Waals surface area contributed by atoms with E-state index in [1.165, 1.54) is 0 Å². The summed E-state index contributed by atoms with van der Waals surface area (Å²) in [6.07, 6.45) is 0. The summed E-state index contributed by atoms with van der Waals surface area (Å²) in [5.41, 5.74) is 6.36. The Bertz CT molecular complexity index is 411. The summed E-state index contributed by atoms with van der Waals surface area (Å²) in [5.74, 6) is 1.01. The van der Waals surface area contributed by atoms with Crippen LogP contribution in [0.1, 0.15) is 6.92 Å². The molecule has 5 nitrogen and oxygen atoms in total. The molecule has 19 heavy (non-hydrogen) atoms. The summed E-state index contributed by atoms with van der Waals surface area (Å²) in [6.45, 7) is 6.64. The number of anilines is 1. The van der Waals surface area contributed by atoms with E-state index >= 15 is 0 Å². The lowest BCUT2D eigenvalue weighted by Gasteiger charge is -2.34. The summed E-state index contributed by atoms with van der Waals surface area (Å²) >= 11 is 0. The van der Waals surface area contributed by atoms with E-state index in [1.807, 2.05) is 29.2 Å². The van der Waals surface area contributed by atoms with Gasteiger partial charge >= 0.3 is 0 Å². The van der Waals surface area contributed by atoms with Crippen molar-refractivity contribution in [2.24, 2.45) is 0 Å². The van der Waals surface area contributed by atoms with Crippen molar-refractivity contribution < 1.29 is 9.53 Å². The van der Waals surface area contributed by atoms with Crippen LogP contribution in [0, 0.1) is 0 Å². The van der Waals surface area contributed by atoms with E-state index in [9.17, 15) is 4.79 Å². The van der Waals surface area contributed by atoms with Crippen molar-refractivity contribution in [3.8, 4) is 5.75 Å². The predicted octanol–water partition coefficient (Wildman–Crippen LogP) is 0.812. The van der Waals surface area contributed by atoms with Crippen LogP contribution in [0.3, 0.4) is 0 Å². The summed E-state index contributed by atoms with van der Waals surface area (Å²) in [6, 6.07) is 7.42. The summed E-state index contributed by atoms with van der Waals surface area (Å²) in [4.78, 5) is 15.4. The topological polar surface area (TPSA) is 58.8 Å². The van der Waals surface area contributed by atoms with E-state index in [4.69, 9.17) is 10.5 Å². The fourth-order valence-electron chi connectivity index (χ4n) is 2.14. The molecule has 1 aliphatic rings. The predicted molar refractivity (Wildman–Crippen MR) is 75.0 cm³/mol. The van der Waals surface area contributed by atoms with Crippen molar-refractivity contribution in [1.82, 2.24) is 9.80 Å². The Kier molecular flexibility index (Phi) is 4.63. The highest BCUT2D eigenvalue weighted by Gasteiger charge is 2.17. The van der Waals surface area contributed by atoms with Gasteiger partial charge in [0.2, 0.25) is 5.91 Å². The molecule has 0 aliphatic carbocycles. The first-order valence-electron chi connectivity index (χ1n) is 6.61. The number of carbonyl (C=O) groups excluding carboxylic acids is 1. The van der Waals surface area contributed by atoms with Gasteiger partial charge in [-0.25, -0.2) is 0 Å². The quantitative estimate of drug-likeness (QED) is 0.817. The largest absolute Gasteiger partial charge is 0.492 e. The molecule has 1 aromatic carbocycles. The molecular formula is C14H21N3O2. The standard InChI is InChI=1S/C14H21N3O2/c1-12(18)17-8-6-16(7-9-17)10-11-19-14-4-2-13(15)3-5-14/h2-5H,6-11,15H2,1H3. The monoisotopic (exact) mass is 263 g/mol. The van der Waals surface area contributed by atoms with Gasteiger partial charge in [0, 0.05) is 45.3 Å². The second-order valence-electron chi connectivity index (χ2n) is 4.77. The first-order valence-corrected chi connectivity index (χ1v) is 6.61. The van der Waals surface area contributed by atoms with Crippen molar-refractivity contribution in [2.75, 3.05) is 45.1 Å². The van der Waals surface area contributed by atoms with Gasteiger partial charge in [0.25, 0.3) is 0 Å². The number of ether oxygens (including phenoxy) is 1. The van der Waals surface area contributed by atoms with Crippen LogP contribution in [0.4, 0.5) is 5.69 Å². The van der Waals surface area contributed by atoms with Crippen LogP contribution in [0.15, 0.2) is 24.3 Å². The number of carbonyl (C=O) groups is 1. The van der Waals surface area contributed by atoms with E-state index < -0.39 is 0 Å². The van der Waals surface area contributed by atoms with Gasteiger partial charge in [0.15, 0.2) is 0 Å². The molecule has 2 N–H and O–H groups in total. The third-order valence-electron chi connectivity index (χ3n) is 3.37. The van der Waals surface area contributed by atoms with Crippen molar-refractivity contribution >= 4 is 11.6 Å². The lowest BCUT2D eigenvalue weighted by Crippen LogP contribution is -2.48. The number of piperazine rings is 1. The highest BCUT2D eigenvalue weighted by molar-refractivity contribution is 5.73. The molecule has 0 radical (unpaired) electrons. The molecule has 5 heteroatoms. The summed E-state index contributed by atoms with van der Waals surface area (Å²) in [7, 11) is 0. The molecular weight excluding hydrogens is 242 g/mol. The number of nitrogens with zero attached hydrogens (tertiary/aromatic N) is 2. The van der Waals surface area contributed by atoms with E-state index in [0.29, 0.717) is 6.61 Å². The van der Waals surface area contributed by atoms with Gasteiger partial charge in [-0.05, 0) is 24.3 Å². The van der Waals surface area contributed by atoms with Crippen LogP contribution in [0.25, 0.3) is 0 Å². The average Bonchev–Trinajstić information content (AvgIpc) is 2.41. The molecule has 104 valence electrons. The number of nitrogens with two attached hydrogens (primary N) is 1. The molecule has 0 spiro atoms. The maximum absolute atomic E-state index is 11.2. The van der Waals surface area contributed by atoms with Crippen molar-refractivity contribution in [1.29, 1.82) is 0 Å². The smallest absolute Gasteiger partial charge is 0.219 e. The summed E-state index contributed by atoms with van der Waals surface area (Å²) in [5, 5.41) is 0. The number of benzene rings is 1. The molecule has 0 unspecified atom stereocenters. The van der Waals surface area contributed by atoms with Crippen molar-refractivity contribution in [3.63, 3.8) is 0 Å². The summed E-state index contributed by atoms with van der Waals surface area (Å²) < 4.78 is 5.66. The average molecular weight is 263 g/mol. The van der Waals surface area contributed by atoms with Crippen molar-refractivity contribution in [2.45, 2.75) is 6.92 Å². The molecule has 0 aromatic heterocycles. The van der Waals surface area contributed by atoms with E-state index in [-0.39, 0.29) is 5.91 Å². The highest BCUT2D eigenvalue weighted by Crippen LogP contribution is 2.13. The molecule has 0 saturated carbocycles. The van der Waals surface area contributed by atoms with Crippen LogP contribution < -0.4 is 10.5 Å². The Morgan fingerprint density at radius 3 is 2.42 bits per heavy atom. The van der Waals surface area contributed by atoms with Crippen molar-refractivity contribution in [3.05, 3.63) is 24.3 Å². The Hall–Kier alpha value is -1.75. The van der Waals surface area contributed by atoms with Crippen LogP contribution in [0.5, 0.6) is 5.75 Å². The Balaban J connectivity index is 1.67. The molecule has 1 aromatic rings. The minimum Gasteiger partial charge on any atom is -0.492 e. The van der Waals surface area contributed by atoms with Crippen LogP contribution in [0.2, 0.25) is 0 Å². The van der Waals surface area contributed by atoms with E-state index in [1.54, 1.807) is 6.92 Å². The zero-order chi connectivity index (χ0) is 13.7. The second kappa shape index (κ2) is 6.43. The normalized spacial score (nSPS) is 16.4. The SMILES string of the molecule is CC(=O)N1CCN(CCOc2ccc(N)cc2)CC1. The van der Waals surface area contributed by atoms with Crippen LogP contribution in [-0.2, 0) is 4.79 Å². The van der Waals surface area contributed by atoms with Gasteiger partial charge in [-0.15, -0.1) is 0 Å². The lowest BCUT2D eigenvalue weighted by atomic mass is 10.3. The zero-order valence-corrected chi connectivity index (χ0v) is 11.3. The van der Waals surface area contributed by atoms with Crippen LogP contribution in [-0.4, -0.2) is 55.0 Å². The number of hydrogen-bond donors (Lipinski definition) is 1. The maximum atomic E-state index is 11.2. The Morgan fingerprint density at radius 2 is 1.84 bits per heavy atom. The Labute approximate surface area is 113 Å². The molecule has 0 atom stereocenters. The minimum absolute atomic E-state index is 0.165.